The molecule has 0 radical (unpaired) electrons. The molecule has 1 atom stereocenters. The number of rotatable bonds is 3. The van der Waals surface area contributed by atoms with E-state index in [1.165, 1.54) is 6.07 Å². The average molecular weight is 304 g/mol. The lowest BCUT2D eigenvalue weighted by Crippen LogP contribution is -2.19. The van der Waals surface area contributed by atoms with E-state index in [4.69, 9.17) is 17.3 Å². The molecule has 3 rings (SSSR count). The van der Waals surface area contributed by atoms with Gasteiger partial charge in [0.1, 0.15) is 5.82 Å². The fourth-order valence-electron chi connectivity index (χ4n) is 2.52. The van der Waals surface area contributed by atoms with Crippen LogP contribution in [0.5, 0.6) is 0 Å². The van der Waals surface area contributed by atoms with Crippen LogP contribution < -0.4 is 10.7 Å². The van der Waals surface area contributed by atoms with Crippen molar-refractivity contribution in [3.8, 4) is 0 Å². The van der Waals surface area contributed by atoms with Crippen molar-refractivity contribution in [3.63, 3.8) is 0 Å². The van der Waals surface area contributed by atoms with Crippen molar-refractivity contribution in [1.82, 2.24) is 0 Å². The lowest BCUT2D eigenvalue weighted by Gasteiger charge is -2.24. The topological polar surface area (TPSA) is 41.6 Å². The maximum Gasteiger partial charge on any atom is 0.128 e. The molecule has 0 fully saturated rings. The molecule has 0 spiro atoms. The summed E-state index contributed by atoms with van der Waals surface area (Å²) in [6.45, 7) is 0.370. The van der Waals surface area contributed by atoms with E-state index < -0.39 is 0 Å². The average Bonchev–Trinajstić information content (AvgIpc) is 2.92. The number of hydrogen-bond donors (Lipinski definition) is 1. The molecule has 1 aliphatic heterocycles. The highest BCUT2D eigenvalue weighted by atomic mass is 35.5. The number of benzene rings is 2. The van der Waals surface area contributed by atoms with Crippen molar-refractivity contribution in [2.75, 3.05) is 11.6 Å². The largest absolute Gasteiger partial charge is 0.325 e. The molecule has 5 heteroatoms. The summed E-state index contributed by atoms with van der Waals surface area (Å²) >= 11 is 5.92. The van der Waals surface area contributed by atoms with E-state index in [-0.39, 0.29) is 11.9 Å². The second-order valence-electron chi connectivity index (χ2n) is 4.93. The Hall–Kier alpha value is -1.91. The number of halogens is 2. The Morgan fingerprint density at radius 2 is 1.90 bits per heavy atom. The van der Waals surface area contributed by atoms with Gasteiger partial charge < -0.3 is 5.73 Å². The molecule has 0 amide bonds. The van der Waals surface area contributed by atoms with Crippen molar-refractivity contribution < 1.29 is 4.39 Å². The standard InChI is InChI=1S/C16H15ClFN3/c17-11-5-7-13(8-6-11)21-16(9-12(10-19)20-21)14-3-1-2-4-15(14)18/h1-8,16H,9-10,19H2. The van der Waals surface area contributed by atoms with Gasteiger partial charge in [-0.1, -0.05) is 29.8 Å². The van der Waals surface area contributed by atoms with Crippen LogP contribution in [0.2, 0.25) is 5.02 Å². The summed E-state index contributed by atoms with van der Waals surface area (Å²) in [6.07, 6.45) is 0.625. The zero-order valence-corrected chi connectivity index (χ0v) is 12.1. The van der Waals surface area contributed by atoms with Crippen LogP contribution in [0.1, 0.15) is 18.0 Å². The third-order valence-corrected chi connectivity index (χ3v) is 3.82. The summed E-state index contributed by atoms with van der Waals surface area (Å²) in [5.41, 5.74) is 8.06. The van der Waals surface area contributed by atoms with Crippen molar-refractivity contribution in [3.05, 3.63) is 64.9 Å². The van der Waals surface area contributed by atoms with E-state index in [1.807, 2.05) is 23.2 Å². The molecule has 2 aromatic carbocycles. The Morgan fingerprint density at radius 3 is 2.57 bits per heavy atom. The van der Waals surface area contributed by atoms with Crippen LogP contribution in [-0.4, -0.2) is 12.3 Å². The first kappa shape index (κ1) is 14.0. The van der Waals surface area contributed by atoms with E-state index in [0.29, 0.717) is 23.6 Å². The highest BCUT2D eigenvalue weighted by Crippen LogP contribution is 2.36. The number of nitrogens with two attached hydrogens (primary N) is 1. The molecule has 2 N–H and O–H groups in total. The van der Waals surface area contributed by atoms with Gasteiger partial charge >= 0.3 is 0 Å². The Morgan fingerprint density at radius 1 is 1.19 bits per heavy atom. The van der Waals surface area contributed by atoms with Crippen LogP contribution >= 0.6 is 11.6 Å². The van der Waals surface area contributed by atoms with Crippen LogP contribution in [0.3, 0.4) is 0 Å². The molecular formula is C16H15ClFN3. The minimum atomic E-state index is -0.227. The number of anilines is 1. The lowest BCUT2D eigenvalue weighted by molar-refractivity contribution is 0.579. The van der Waals surface area contributed by atoms with Gasteiger partial charge in [0.15, 0.2) is 0 Å². The Labute approximate surface area is 127 Å². The molecule has 21 heavy (non-hydrogen) atoms. The predicted molar refractivity (Wildman–Crippen MR) is 84.2 cm³/mol. The van der Waals surface area contributed by atoms with Gasteiger partial charge in [0.05, 0.1) is 17.4 Å². The maximum atomic E-state index is 14.1. The van der Waals surface area contributed by atoms with Crippen LogP contribution in [-0.2, 0) is 0 Å². The van der Waals surface area contributed by atoms with Crippen LogP contribution in [0, 0.1) is 5.82 Å². The normalized spacial score (nSPS) is 18.0. The molecule has 0 saturated carbocycles. The SMILES string of the molecule is NCC1=NN(c2ccc(Cl)cc2)C(c2ccccc2F)C1. The highest BCUT2D eigenvalue weighted by Gasteiger charge is 2.30. The van der Waals surface area contributed by atoms with Crippen molar-refractivity contribution in [2.45, 2.75) is 12.5 Å². The monoisotopic (exact) mass is 303 g/mol. The van der Waals surface area contributed by atoms with Gasteiger partial charge in [-0.2, -0.15) is 5.10 Å². The second-order valence-corrected chi connectivity index (χ2v) is 5.37. The van der Waals surface area contributed by atoms with Gasteiger partial charge in [-0.05, 0) is 30.3 Å². The van der Waals surface area contributed by atoms with Crippen molar-refractivity contribution >= 4 is 23.0 Å². The van der Waals surface area contributed by atoms with E-state index in [1.54, 1.807) is 24.3 Å². The molecular weight excluding hydrogens is 289 g/mol. The second kappa shape index (κ2) is 5.84. The van der Waals surface area contributed by atoms with Crippen LogP contribution in [0.4, 0.5) is 10.1 Å². The van der Waals surface area contributed by atoms with Crippen molar-refractivity contribution in [2.24, 2.45) is 10.8 Å². The van der Waals surface area contributed by atoms with Gasteiger partial charge in [-0.25, -0.2) is 4.39 Å². The first-order chi connectivity index (χ1) is 10.2. The molecule has 2 aromatic rings. The molecule has 1 unspecified atom stereocenters. The summed E-state index contributed by atoms with van der Waals surface area (Å²) in [6, 6.07) is 13.9. The zero-order chi connectivity index (χ0) is 14.8. The summed E-state index contributed by atoms with van der Waals surface area (Å²) < 4.78 is 14.1. The fraction of sp³-hybridized carbons (Fsp3) is 0.188. The molecule has 0 aliphatic carbocycles. The number of hydrazone groups is 1. The summed E-state index contributed by atoms with van der Waals surface area (Å²) in [4.78, 5) is 0. The van der Waals surface area contributed by atoms with Gasteiger partial charge in [0.2, 0.25) is 0 Å². The van der Waals surface area contributed by atoms with Crippen molar-refractivity contribution in [1.29, 1.82) is 0 Å². The molecule has 108 valence electrons. The Kier molecular flexibility index (Phi) is 3.90. The van der Waals surface area contributed by atoms with E-state index in [9.17, 15) is 4.39 Å². The minimum absolute atomic E-state index is 0.175. The quantitative estimate of drug-likeness (QED) is 0.938. The van der Waals surface area contributed by atoms with Crippen LogP contribution in [0.25, 0.3) is 0 Å². The predicted octanol–water partition coefficient (Wildman–Crippen LogP) is 3.75. The Balaban J connectivity index is 2.00. The number of nitrogens with zero attached hydrogens (tertiary/aromatic N) is 2. The van der Waals surface area contributed by atoms with Gasteiger partial charge in [-0.3, -0.25) is 5.01 Å². The number of hydrogen-bond acceptors (Lipinski definition) is 3. The molecule has 1 aliphatic rings. The Bertz CT molecular complexity index is 669. The van der Waals surface area contributed by atoms with E-state index in [2.05, 4.69) is 5.10 Å². The molecule has 3 nitrogen and oxygen atoms in total. The lowest BCUT2D eigenvalue weighted by atomic mass is 10.0. The van der Waals surface area contributed by atoms with Crippen LogP contribution in [0.15, 0.2) is 53.6 Å². The molecule has 0 bridgehead atoms. The van der Waals surface area contributed by atoms with E-state index in [0.717, 1.165) is 11.4 Å². The first-order valence-electron chi connectivity index (χ1n) is 6.74. The minimum Gasteiger partial charge on any atom is -0.325 e. The van der Waals surface area contributed by atoms with Gasteiger partial charge in [-0.15, -0.1) is 0 Å². The maximum absolute atomic E-state index is 14.1. The third-order valence-electron chi connectivity index (χ3n) is 3.56. The summed E-state index contributed by atoms with van der Waals surface area (Å²) in [7, 11) is 0. The zero-order valence-electron chi connectivity index (χ0n) is 11.3. The smallest absolute Gasteiger partial charge is 0.128 e. The summed E-state index contributed by atoms with van der Waals surface area (Å²) in [5.74, 6) is -0.227. The highest BCUT2D eigenvalue weighted by molar-refractivity contribution is 6.30. The summed E-state index contributed by atoms with van der Waals surface area (Å²) in [5, 5.41) is 6.99. The molecule has 0 saturated heterocycles. The first-order valence-corrected chi connectivity index (χ1v) is 7.12. The fourth-order valence-corrected chi connectivity index (χ4v) is 2.64. The molecule has 1 heterocycles. The van der Waals surface area contributed by atoms with E-state index >= 15 is 0 Å². The third kappa shape index (κ3) is 2.77. The molecule has 0 aromatic heterocycles. The van der Waals surface area contributed by atoms with Gasteiger partial charge in [0, 0.05) is 23.6 Å². The van der Waals surface area contributed by atoms with Gasteiger partial charge in [0.25, 0.3) is 0 Å².